The topological polar surface area (TPSA) is 34.1 Å². The summed E-state index contributed by atoms with van der Waals surface area (Å²) in [6.07, 6.45) is -3.58. The van der Waals surface area contributed by atoms with Gasteiger partial charge in [0.2, 0.25) is 0 Å². The van der Waals surface area contributed by atoms with Crippen molar-refractivity contribution in [1.82, 2.24) is 4.98 Å². The quantitative estimate of drug-likeness (QED) is 0.640. The molecule has 0 aliphatic heterocycles. The van der Waals surface area contributed by atoms with E-state index in [1.54, 1.807) is 14.2 Å². The number of ether oxygens (including phenoxy) is 1. The van der Waals surface area contributed by atoms with Crippen LogP contribution in [0.25, 0.3) is 0 Å². The zero-order chi connectivity index (χ0) is 13.6. The van der Waals surface area contributed by atoms with Crippen molar-refractivity contribution >= 4 is 17.6 Å². The van der Waals surface area contributed by atoms with E-state index < -0.39 is 11.7 Å². The molecule has 18 heavy (non-hydrogen) atoms. The second-order valence-corrected chi connectivity index (χ2v) is 4.64. The predicted octanol–water partition coefficient (Wildman–Crippen LogP) is 3.27. The molecule has 0 unspecified atom stereocenters. The van der Waals surface area contributed by atoms with Crippen LogP contribution in [-0.2, 0) is 10.9 Å². The number of nitrogens with one attached hydrogen (secondary N) is 1. The molecule has 0 bridgehead atoms. The van der Waals surface area contributed by atoms with Crippen LogP contribution < -0.4 is 5.32 Å². The third-order valence-corrected chi connectivity index (χ3v) is 3.13. The SMILES string of the molecule is CNc1cc(C(F)(F)F)cc(SCCCOC)n1. The molecule has 0 aromatic carbocycles. The van der Waals surface area contributed by atoms with Gasteiger partial charge in [-0.15, -0.1) is 11.8 Å². The summed E-state index contributed by atoms with van der Waals surface area (Å²) in [6.45, 7) is 0.588. The fourth-order valence-electron chi connectivity index (χ4n) is 1.25. The lowest BCUT2D eigenvalue weighted by Crippen LogP contribution is -2.07. The van der Waals surface area contributed by atoms with Gasteiger partial charge in [0.15, 0.2) is 0 Å². The molecule has 0 saturated heterocycles. The fourth-order valence-corrected chi connectivity index (χ4v) is 2.10. The van der Waals surface area contributed by atoms with E-state index in [0.29, 0.717) is 17.4 Å². The normalized spacial score (nSPS) is 11.6. The summed E-state index contributed by atoms with van der Waals surface area (Å²) in [5, 5.41) is 3.00. The molecule has 3 nitrogen and oxygen atoms in total. The molecule has 0 spiro atoms. The lowest BCUT2D eigenvalue weighted by Gasteiger charge is -2.10. The Labute approximate surface area is 108 Å². The molecule has 1 rings (SSSR count). The van der Waals surface area contributed by atoms with Crippen LogP contribution >= 0.6 is 11.8 Å². The fraction of sp³-hybridized carbons (Fsp3) is 0.545. The number of methoxy groups -OCH3 is 1. The van der Waals surface area contributed by atoms with Crippen LogP contribution in [0.2, 0.25) is 0 Å². The molecule has 7 heteroatoms. The van der Waals surface area contributed by atoms with Crippen LogP contribution in [0.1, 0.15) is 12.0 Å². The van der Waals surface area contributed by atoms with Crippen molar-refractivity contribution < 1.29 is 17.9 Å². The van der Waals surface area contributed by atoms with E-state index in [0.717, 1.165) is 18.6 Å². The van der Waals surface area contributed by atoms with E-state index in [9.17, 15) is 13.2 Å². The van der Waals surface area contributed by atoms with Gasteiger partial charge in [-0.1, -0.05) is 0 Å². The maximum atomic E-state index is 12.6. The Morgan fingerprint density at radius 3 is 2.67 bits per heavy atom. The lowest BCUT2D eigenvalue weighted by atomic mass is 10.2. The molecule has 1 heterocycles. The highest BCUT2D eigenvalue weighted by Gasteiger charge is 2.31. The van der Waals surface area contributed by atoms with Crippen molar-refractivity contribution in [3.63, 3.8) is 0 Å². The van der Waals surface area contributed by atoms with Gasteiger partial charge < -0.3 is 10.1 Å². The van der Waals surface area contributed by atoms with E-state index in [2.05, 4.69) is 10.3 Å². The first-order valence-electron chi connectivity index (χ1n) is 5.36. The van der Waals surface area contributed by atoms with Gasteiger partial charge in [-0.05, 0) is 18.6 Å². The van der Waals surface area contributed by atoms with Crippen LogP contribution in [0, 0.1) is 0 Å². The zero-order valence-corrected chi connectivity index (χ0v) is 11.0. The number of aromatic nitrogens is 1. The minimum Gasteiger partial charge on any atom is -0.385 e. The Bertz CT molecular complexity index is 385. The summed E-state index contributed by atoms with van der Waals surface area (Å²) in [5.41, 5.74) is -0.684. The molecule has 0 amide bonds. The number of anilines is 1. The molecule has 1 N–H and O–H groups in total. The Kier molecular flexibility index (Phi) is 5.74. The van der Waals surface area contributed by atoms with Gasteiger partial charge in [0.25, 0.3) is 0 Å². The third-order valence-electron chi connectivity index (χ3n) is 2.13. The molecule has 0 radical (unpaired) electrons. The second-order valence-electron chi connectivity index (χ2n) is 3.52. The molecule has 0 atom stereocenters. The Morgan fingerprint density at radius 2 is 2.11 bits per heavy atom. The van der Waals surface area contributed by atoms with Crippen molar-refractivity contribution in [2.24, 2.45) is 0 Å². The Hall–Kier alpha value is -0.950. The van der Waals surface area contributed by atoms with Crippen LogP contribution in [0.5, 0.6) is 0 Å². The van der Waals surface area contributed by atoms with Crippen LogP contribution in [-0.4, -0.2) is 31.5 Å². The number of hydrogen-bond acceptors (Lipinski definition) is 4. The summed E-state index contributed by atoms with van der Waals surface area (Å²) in [5.74, 6) is 0.893. The smallest absolute Gasteiger partial charge is 0.385 e. The molecular weight excluding hydrogens is 265 g/mol. The summed E-state index contributed by atoms with van der Waals surface area (Å²) in [4.78, 5) is 4.07. The van der Waals surface area contributed by atoms with E-state index in [4.69, 9.17) is 4.74 Å². The maximum absolute atomic E-state index is 12.6. The van der Waals surface area contributed by atoms with Crippen molar-refractivity contribution in [1.29, 1.82) is 0 Å². The number of halogens is 3. The number of thioether (sulfide) groups is 1. The number of pyridine rings is 1. The molecule has 102 valence electrons. The first kappa shape index (κ1) is 15.1. The molecular formula is C11H15F3N2OS. The average molecular weight is 280 g/mol. The molecule has 0 saturated carbocycles. The van der Waals surface area contributed by atoms with Crippen LogP contribution in [0.4, 0.5) is 19.0 Å². The highest BCUT2D eigenvalue weighted by molar-refractivity contribution is 7.99. The van der Waals surface area contributed by atoms with Gasteiger partial charge in [0.05, 0.1) is 10.6 Å². The first-order chi connectivity index (χ1) is 8.47. The molecule has 0 fully saturated rings. The van der Waals surface area contributed by atoms with Gasteiger partial charge in [0.1, 0.15) is 5.82 Å². The first-order valence-corrected chi connectivity index (χ1v) is 6.34. The maximum Gasteiger partial charge on any atom is 0.416 e. The zero-order valence-electron chi connectivity index (χ0n) is 10.2. The molecule has 0 aliphatic carbocycles. The largest absolute Gasteiger partial charge is 0.416 e. The van der Waals surface area contributed by atoms with E-state index >= 15 is 0 Å². The number of hydrogen-bond donors (Lipinski definition) is 1. The van der Waals surface area contributed by atoms with Gasteiger partial charge in [-0.25, -0.2) is 4.98 Å². The van der Waals surface area contributed by atoms with Crippen molar-refractivity contribution in [2.75, 3.05) is 31.8 Å². The summed E-state index contributed by atoms with van der Waals surface area (Å²) < 4.78 is 42.8. The third kappa shape index (κ3) is 4.73. The monoisotopic (exact) mass is 280 g/mol. The second kappa shape index (κ2) is 6.84. The number of nitrogens with zero attached hydrogens (tertiary/aromatic N) is 1. The molecule has 1 aromatic heterocycles. The summed E-state index contributed by atoms with van der Waals surface area (Å²) >= 11 is 1.29. The van der Waals surface area contributed by atoms with Crippen LogP contribution in [0.15, 0.2) is 17.2 Å². The summed E-state index contributed by atoms with van der Waals surface area (Å²) in [6, 6.07) is 2.07. The average Bonchev–Trinajstić information content (AvgIpc) is 2.33. The van der Waals surface area contributed by atoms with Gasteiger partial charge in [-0.2, -0.15) is 13.2 Å². The molecule has 1 aromatic rings. The van der Waals surface area contributed by atoms with Crippen molar-refractivity contribution in [2.45, 2.75) is 17.6 Å². The lowest BCUT2D eigenvalue weighted by molar-refractivity contribution is -0.137. The summed E-state index contributed by atoms with van der Waals surface area (Å²) in [7, 11) is 3.13. The minimum absolute atomic E-state index is 0.221. The highest BCUT2D eigenvalue weighted by atomic mass is 32.2. The Balaban J connectivity index is 2.78. The van der Waals surface area contributed by atoms with Crippen LogP contribution in [0.3, 0.4) is 0 Å². The predicted molar refractivity (Wildman–Crippen MR) is 66.0 cm³/mol. The standard InChI is InChI=1S/C11H15F3N2OS/c1-15-9-6-8(11(12,13)14)7-10(16-9)18-5-3-4-17-2/h6-7H,3-5H2,1-2H3,(H,15,16). The number of alkyl halides is 3. The van der Waals surface area contributed by atoms with Gasteiger partial charge >= 0.3 is 6.18 Å². The van der Waals surface area contributed by atoms with E-state index in [1.165, 1.54) is 11.8 Å². The van der Waals surface area contributed by atoms with Crippen molar-refractivity contribution in [3.8, 4) is 0 Å². The van der Waals surface area contributed by atoms with E-state index in [1.807, 2.05) is 0 Å². The van der Waals surface area contributed by atoms with E-state index in [-0.39, 0.29) is 5.82 Å². The van der Waals surface area contributed by atoms with Gasteiger partial charge in [-0.3, -0.25) is 0 Å². The Morgan fingerprint density at radius 1 is 1.39 bits per heavy atom. The number of rotatable bonds is 6. The highest BCUT2D eigenvalue weighted by Crippen LogP contribution is 2.33. The van der Waals surface area contributed by atoms with Gasteiger partial charge in [0, 0.05) is 26.5 Å². The van der Waals surface area contributed by atoms with Crippen molar-refractivity contribution in [3.05, 3.63) is 17.7 Å². The minimum atomic E-state index is -4.35. The molecule has 0 aliphatic rings.